The second-order valence-corrected chi connectivity index (χ2v) is 8.02. The van der Waals surface area contributed by atoms with Crippen molar-refractivity contribution >= 4 is 17.4 Å². The van der Waals surface area contributed by atoms with Gasteiger partial charge in [-0.1, -0.05) is 0 Å². The number of hydrogen-bond donors (Lipinski definition) is 2. The number of carbonyl (C=O) groups excluding carboxylic acids is 2. The quantitative estimate of drug-likeness (QED) is 0.534. The summed E-state index contributed by atoms with van der Waals surface area (Å²) in [6.45, 7) is 3.45. The third-order valence-corrected chi connectivity index (χ3v) is 6.13. The number of nitrogens with zero attached hydrogens (tertiary/aromatic N) is 2. The Balaban J connectivity index is 1.91. The molecule has 0 radical (unpaired) electrons. The zero-order chi connectivity index (χ0) is 23.0. The van der Waals surface area contributed by atoms with Crippen molar-refractivity contribution in [1.82, 2.24) is 10.2 Å². The Morgan fingerprint density at radius 3 is 2.69 bits per heavy atom. The number of ether oxygens (including phenoxy) is 2. The summed E-state index contributed by atoms with van der Waals surface area (Å²) in [4.78, 5) is 39.2. The van der Waals surface area contributed by atoms with Crippen LogP contribution < -0.4 is 10.1 Å². The minimum atomic E-state index is -0.803. The molecule has 1 aromatic rings. The molecule has 0 unspecified atom stereocenters. The Bertz CT molecular complexity index is 1050. The maximum atomic E-state index is 13.6. The van der Waals surface area contributed by atoms with Crippen LogP contribution in [0.25, 0.3) is 0 Å². The van der Waals surface area contributed by atoms with Crippen LogP contribution in [0.5, 0.6) is 11.5 Å². The normalized spacial score (nSPS) is 21.2. The van der Waals surface area contributed by atoms with E-state index in [-0.39, 0.29) is 17.4 Å². The number of benzene rings is 1. The predicted molar refractivity (Wildman–Crippen MR) is 113 cm³/mol. The first-order chi connectivity index (χ1) is 15.3. The molecule has 4 rings (SSSR count). The zero-order valence-electron chi connectivity index (χ0n) is 18.0. The second-order valence-electron chi connectivity index (χ2n) is 8.02. The average Bonchev–Trinajstić information content (AvgIpc) is 2.78. The van der Waals surface area contributed by atoms with Crippen LogP contribution in [0.2, 0.25) is 0 Å². The van der Waals surface area contributed by atoms with Crippen molar-refractivity contribution in [2.45, 2.75) is 32.1 Å². The number of dihydropyridines is 1. The van der Waals surface area contributed by atoms with Crippen molar-refractivity contribution in [2.24, 2.45) is 0 Å². The van der Waals surface area contributed by atoms with E-state index < -0.39 is 22.3 Å². The number of carbonyl (C=O) groups is 2. The number of methoxy groups -OCH3 is 1. The van der Waals surface area contributed by atoms with Gasteiger partial charge in [-0.2, -0.15) is 0 Å². The number of nitrogens with one attached hydrogen (secondary N) is 1. The molecule has 170 valence electrons. The number of nitro groups is 1. The number of phenolic OH excluding ortho intramolecular Hbond substituents is 1. The minimum absolute atomic E-state index is 0.0889. The number of amides is 1. The van der Waals surface area contributed by atoms with E-state index in [0.29, 0.717) is 68.0 Å². The molecule has 2 N–H and O–H groups in total. The number of morpholine rings is 1. The van der Waals surface area contributed by atoms with Gasteiger partial charge in [0.25, 0.3) is 5.91 Å². The molecule has 1 atom stereocenters. The molecule has 0 saturated carbocycles. The lowest BCUT2D eigenvalue weighted by Crippen LogP contribution is -2.44. The Morgan fingerprint density at radius 1 is 1.31 bits per heavy atom. The predicted octanol–water partition coefficient (Wildman–Crippen LogP) is 2.14. The average molecular weight is 443 g/mol. The molecular weight excluding hydrogens is 418 g/mol. The summed E-state index contributed by atoms with van der Waals surface area (Å²) in [6.07, 6.45) is 1.67. The highest BCUT2D eigenvalue weighted by molar-refractivity contribution is 6.05. The smallest absolute Gasteiger partial charge is 0.314 e. The number of nitro benzene ring substituents is 1. The van der Waals surface area contributed by atoms with Gasteiger partial charge in [0.05, 0.1) is 25.2 Å². The zero-order valence-corrected chi connectivity index (χ0v) is 18.0. The molecule has 2 heterocycles. The molecule has 32 heavy (non-hydrogen) atoms. The molecule has 1 aromatic carbocycles. The summed E-state index contributed by atoms with van der Waals surface area (Å²) in [6, 6.07) is 2.69. The standard InChI is InChI=1S/C22H25N3O7/c1-12-18(22(28)24-6-8-32-9-7-24)19(20-14(23-12)4-3-5-16(20)26)13-10-15(25(29)30)21(27)17(11-13)31-2/h10-11,19,23,27H,3-9H2,1-2H3/t19-/m0/s1. The molecule has 1 aliphatic carbocycles. The van der Waals surface area contributed by atoms with Crippen molar-refractivity contribution in [3.8, 4) is 11.5 Å². The fourth-order valence-electron chi connectivity index (χ4n) is 4.61. The largest absolute Gasteiger partial charge is 0.500 e. The minimum Gasteiger partial charge on any atom is -0.500 e. The number of ketones is 1. The van der Waals surface area contributed by atoms with E-state index in [1.54, 1.807) is 11.8 Å². The van der Waals surface area contributed by atoms with Gasteiger partial charge in [-0.05, 0) is 31.4 Å². The molecule has 10 nitrogen and oxygen atoms in total. The third kappa shape index (κ3) is 3.70. The molecule has 0 aromatic heterocycles. The van der Waals surface area contributed by atoms with Crippen LogP contribution in [0, 0.1) is 10.1 Å². The van der Waals surface area contributed by atoms with Crippen molar-refractivity contribution in [1.29, 1.82) is 0 Å². The van der Waals surface area contributed by atoms with Crippen LogP contribution in [0.3, 0.4) is 0 Å². The van der Waals surface area contributed by atoms with Crippen molar-refractivity contribution in [3.05, 3.63) is 50.4 Å². The topological polar surface area (TPSA) is 131 Å². The van der Waals surface area contributed by atoms with Crippen molar-refractivity contribution in [3.63, 3.8) is 0 Å². The molecule has 2 aliphatic heterocycles. The Kier molecular flexibility index (Phi) is 5.88. The molecule has 0 spiro atoms. The number of rotatable bonds is 4. The maximum Gasteiger partial charge on any atom is 0.314 e. The fourth-order valence-corrected chi connectivity index (χ4v) is 4.61. The van der Waals surface area contributed by atoms with Gasteiger partial charge in [-0.15, -0.1) is 0 Å². The SMILES string of the molecule is COc1cc([C@H]2C(C(=O)N3CCOCC3)=C(C)NC3=C2C(=O)CCC3)cc([N+](=O)[O-])c1O. The van der Waals surface area contributed by atoms with Crippen LogP contribution in [0.4, 0.5) is 5.69 Å². The summed E-state index contributed by atoms with van der Waals surface area (Å²) in [7, 11) is 1.29. The molecule has 3 aliphatic rings. The van der Waals surface area contributed by atoms with E-state index >= 15 is 0 Å². The highest BCUT2D eigenvalue weighted by Gasteiger charge is 2.41. The summed E-state index contributed by atoms with van der Waals surface area (Å²) >= 11 is 0. The summed E-state index contributed by atoms with van der Waals surface area (Å²) in [5.41, 5.74) is 1.96. The maximum absolute atomic E-state index is 13.6. The van der Waals surface area contributed by atoms with Crippen LogP contribution in [-0.2, 0) is 14.3 Å². The van der Waals surface area contributed by atoms with Gasteiger partial charge in [0.15, 0.2) is 11.5 Å². The summed E-state index contributed by atoms with van der Waals surface area (Å²) in [5.74, 6) is -1.83. The van der Waals surface area contributed by atoms with Crippen LogP contribution in [0.15, 0.2) is 34.7 Å². The van der Waals surface area contributed by atoms with Gasteiger partial charge in [0, 0.05) is 54.0 Å². The lowest BCUT2D eigenvalue weighted by molar-refractivity contribution is -0.386. The monoisotopic (exact) mass is 443 g/mol. The Morgan fingerprint density at radius 2 is 2.03 bits per heavy atom. The highest BCUT2D eigenvalue weighted by Crippen LogP contribution is 2.47. The van der Waals surface area contributed by atoms with E-state index in [2.05, 4.69) is 5.32 Å². The third-order valence-electron chi connectivity index (χ3n) is 6.13. The van der Waals surface area contributed by atoms with Crippen molar-refractivity contribution < 1.29 is 29.1 Å². The first kappa shape index (κ1) is 21.8. The van der Waals surface area contributed by atoms with Gasteiger partial charge in [-0.3, -0.25) is 19.7 Å². The Hall–Kier alpha value is -3.40. The van der Waals surface area contributed by atoms with Crippen LogP contribution in [-0.4, -0.2) is 60.0 Å². The van der Waals surface area contributed by atoms with Gasteiger partial charge < -0.3 is 24.8 Å². The van der Waals surface area contributed by atoms with Crippen LogP contribution in [0.1, 0.15) is 37.7 Å². The number of allylic oxidation sites excluding steroid dienone is 3. The number of hydrogen-bond acceptors (Lipinski definition) is 8. The van der Waals surface area contributed by atoms with Crippen molar-refractivity contribution in [2.75, 3.05) is 33.4 Å². The first-order valence-corrected chi connectivity index (χ1v) is 10.5. The number of Topliss-reactive ketones (excluding diaryl/α,β-unsaturated/α-hetero) is 1. The number of aromatic hydroxyl groups is 1. The molecule has 1 fully saturated rings. The number of phenols is 1. The summed E-state index contributed by atoms with van der Waals surface area (Å²) in [5, 5.41) is 25.1. The Labute approximate surface area is 184 Å². The molecule has 10 heteroatoms. The second kappa shape index (κ2) is 8.62. The van der Waals surface area contributed by atoms with E-state index in [1.165, 1.54) is 19.2 Å². The van der Waals surface area contributed by atoms with E-state index in [4.69, 9.17) is 9.47 Å². The molecule has 1 saturated heterocycles. The van der Waals surface area contributed by atoms with Gasteiger partial charge in [0.2, 0.25) is 5.75 Å². The van der Waals surface area contributed by atoms with E-state index in [9.17, 15) is 24.8 Å². The summed E-state index contributed by atoms with van der Waals surface area (Å²) < 4.78 is 10.5. The fraction of sp³-hybridized carbons (Fsp3) is 0.455. The van der Waals surface area contributed by atoms with Crippen LogP contribution >= 0.6 is 0 Å². The molecule has 1 amide bonds. The van der Waals surface area contributed by atoms with E-state index in [1.807, 2.05) is 0 Å². The highest BCUT2D eigenvalue weighted by atomic mass is 16.6. The molecular formula is C22H25N3O7. The first-order valence-electron chi connectivity index (χ1n) is 10.5. The van der Waals surface area contributed by atoms with Gasteiger partial charge >= 0.3 is 5.69 Å². The lowest BCUT2D eigenvalue weighted by atomic mass is 9.74. The lowest BCUT2D eigenvalue weighted by Gasteiger charge is -2.37. The molecule has 0 bridgehead atoms. The van der Waals surface area contributed by atoms with E-state index in [0.717, 1.165) is 5.70 Å². The van der Waals surface area contributed by atoms with Gasteiger partial charge in [0.1, 0.15) is 0 Å². The van der Waals surface area contributed by atoms with Gasteiger partial charge in [-0.25, -0.2) is 0 Å².